The second-order valence-corrected chi connectivity index (χ2v) is 2.97. The van der Waals surface area contributed by atoms with E-state index in [1.807, 2.05) is 18.2 Å². The van der Waals surface area contributed by atoms with Crippen molar-refractivity contribution in [2.45, 2.75) is 0 Å². The normalized spacial score (nSPS) is 12.6. The average molecular weight is 196 g/mol. The van der Waals surface area contributed by atoms with Crippen LogP contribution in [0.2, 0.25) is 0 Å². The summed E-state index contributed by atoms with van der Waals surface area (Å²) in [5.74, 6) is 1.37. The van der Waals surface area contributed by atoms with Crippen molar-refractivity contribution in [3.05, 3.63) is 18.2 Å². The molecule has 5 heteroatoms. The topological polar surface area (TPSA) is 56.5 Å². The van der Waals surface area contributed by atoms with Gasteiger partial charge in [-0.05, 0) is 24.4 Å². The number of fused-ring (bicyclic) bond motifs is 1. The van der Waals surface area contributed by atoms with Gasteiger partial charge in [-0.15, -0.1) is 0 Å². The molecule has 13 heavy (non-hydrogen) atoms. The molecule has 0 spiro atoms. The van der Waals surface area contributed by atoms with Gasteiger partial charge in [0.1, 0.15) is 0 Å². The summed E-state index contributed by atoms with van der Waals surface area (Å²) in [5.41, 5.74) is 6.08. The Morgan fingerprint density at radius 1 is 1.46 bits per heavy atom. The molecular formula is C8H8N2O2S. The Labute approximate surface area is 80.6 Å². The predicted molar refractivity (Wildman–Crippen MR) is 53.0 cm³/mol. The van der Waals surface area contributed by atoms with E-state index in [-0.39, 0.29) is 11.9 Å². The largest absolute Gasteiger partial charge is 0.454 e. The second-order valence-electron chi connectivity index (χ2n) is 2.53. The van der Waals surface area contributed by atoms with Crippen LogP contribution in [0.15, 0.2) is 18.2 Å². The fourth-order valence-electron chi connectivity index (χ4n) is 1.16. The van der Waals surface area contributed by atoms with Crippen LogP contribution in [-0.2, 0) is 0 Å². The van der Waals surface area contributed by atoms with Crippen molar-refractivity contribution in [3.8, 4) is 11.5 Å². The second kappa shape index (κ2) is 3.10. The SMILES string of the molecule is NC(=S)Nc1cccc2c1OCO2. The zero-order chi connectivity index (χ0) is 9.26. The van der Waals surface area contributed by atoms with E-state index >= 15 is 0 Å². The highest BCUT2D eigenvalue weighted by Crippen LogP contribution is 2.38. The summed E-state index contributed by atoms with van der Waals surface area (Å²) >= 11 is 4.72. The molecule has 0 bridgehead atoms. The summed E-state index contributed by atoms with van der Waals surface area (Å²) in [6.45, 7) is 0.241. The molecular weight excluding hydrogens is 188 g/mol. The third kappa shape index (κ3) is 1.50. The molecule has 1 aliphatic rings. The summed E-state index contributed by atoms with van der Waals surface area (Å²) in [6.07, 6.45) is 0. The van der Waals surface area contributed by atoms with Crippen LogP contribution >= 0.6 is 12.2 Å². The minimum Gasteiger partial charge on any atom is -0.454 e. The number of para-hydroxylation sites is 1. The van der Waals surface area contributed by atoms with Gasteiger partial charge < -0.3 is 20.5 Å². The van der Waals surface area contributed by atoms with Crippen molar-refractivity contribution in [1.29, 1.82) is 0 Å². The number of rotatable bonds is 1. The lowest BCUT2D eigenvalue weighted by atomic mass is 10.3. The molecule has 0 saturated carbocycles. The maximum atomic E-state index is 5.34. The molecule has 2 rings (SSSR count). The van der Waals surface area contributed by atoms with Crippen LogP contribution in [0.25, 0.3) is 0 Å². The Morgan fingerprint density at radius 2 is 2.31 bits per heavy atom. The van der Waals surface area contributed by atoms with E-state index in [4.69, 9.17) is 27.4 Å². The molecule has 0 aliphatic carbocycles. The maximum Gasteiger partial charge on any atom is 0.231 e. The number of nitrogens with two attached hydrogens (primary N) is 1. The monoisotopic (exact) mass is 196 g/mol. The van der Waals surface area contributed by atoms with Crippen LogP contribution in [0.5, 0.6) is 11.5 Å². The van der Waals surface area contributed by atoms with Crippen LogP contribution in [-0.4, -0.2) is 11.9 Å². The standard InChI is InChI=1S/C8H8N2O2S/c9-8(13)10-5-2-1-3-6-7(5)12-4-11-6/h1-3H,4H2,(H3,9,10,13). The van der Waals surface area contributed by atoms with Crippen LogP contribution in [0.3, 0.4) is 0 Å². The van der Waals surface area contributed by atoms with Gasteiger partial charge >= 0.3 is 0 Å². The fourth-order valence-corrected chi connectivity index (χ4v) is 1.27. The molecule has 68 valence electrons. The predicted octanol–water partition coefficient (Wildman–Crippen LogP) is 1.07. The molecule has 0 amide bonds. The Kier molecular flexibility index (Phi) is 1.94. The minimum absolute atomic E-state index is 0.212. The van der Waals surface area contributed by atoms with Crippen LogP contribution in [0, 0.1) is 0 Å². The Bertz CT molecular complexity index is 354. The molecule has 0 unspecified atom stereocenters. The molecule has 0 atom stereocenters. The summed E-state index contributed by atoms with van der Waals surface area (Å²) in [7, 11) is 0. The summed E-state index contributed by atoms with van der Waals surface area (Å²) in [5, 5.41) is 3.02. The minimum atomic E-state index is 0.212. The van der Waals surface area contributed by atoms with Gasteiger partial charge in [-0.1, -0.05) is 6.07 Å². The highest BCUT2D eigenvalue weighted by atomic mass is 32.1. The number of hydrogen-bond acceptors (Lipinski definition) is 3. The van der Waals surface area contributed by atoms with Crippen molar-refractivity contribution < 1.29 is 9.47 Å². The molecule has 1 heterocycles. The van der Waals surface area contributed by atoms with E-state index in [2.05, 4.69) is 5.32 Å². The molecule has 1 aliphatic heterocycles. The van der Waals surface area contributed by atoms with E-state index in [0.717, 1.165) is 5.69 Å². The molecule has 1 aromatic rings. The van der Waals surface area contributed by atoms with E-state index in [0.29, 0.717) is 11.5 Å². The molecule has 0 aromatic heterocycles. The number of ether oxygens (including phenoxy) is 2. The first kappa shape index (κ1) is 8.12. The van der Waals surface area contributed by atoms with Gasteiger partial charge in [-0.2, -0.15) is 0 Å². The van der Waals surface area contributed by atoms with Gasteiger partial charge in [0, 0.05) is 0 Å². The van der Waals surface area contributed by atoms with E-state index in [9.17, 15) is 0 Å². The summed E-state index contributed by atoms with van der Waals surface area (Å²) in [4.78, 5) is 0. The van der Waals surface area contributed by atoms with Gasteiger partial charge in [0.2, 0.25) is 6.79 Å². The zero-order valence-electron chi connectivity index (χ0n) is 6.74. The van der Waals surface area contributed by atoms with Crippen LogP contribution < -0.4 is 20.5 Å². The van der Waals surface area contributed by atoms with E-state index < -0.39 is 0 Å². The lowest BCUT2D eigenvalue weighted by Gasteiger charge is -2.06. The van der Waals surface area contributed by atoms with Gasteiger partial charge in [-0.3, -0.25) is 0 Å². The van der Waals surface area contributed by atoms with Crippen molar-refractivity contribution in [2.75, 3.05) is 12.1 Å². The molecule has 0 fully saturated rings. The number of anilines is 1. The van der Waals surface area contributed by atoms with Crippen molar-refractivity contribution in [1.82, 2.24) is 0 Å². The van der Waals surface area contributed by atoms with Crippen LogP contribution in [0.4, 0.5) is 5.69 Å². The maximum absolute atomic E-state index is 5.34. The molecule has 0 saturated heterocycles. The first-order valence-electron chi connectivity index (χ1n) is 3.72. The van der Waals surface area contributed by atoms with Gasteiger partial charge in [0.15, 0.2) is 16.6 Å². The van der Waals surface area contributed by atoms with Gasteiger partial charge in [0.05, 0.1) is 5.69 Å². The summed E-state index contributed by atoms with van der Waals surface area (Å²) in [6, 6.07) is 5.49. The zero-order valence-corrected chi connectivity index (χ0v) is 7.56. The molecule has 4 nitrogen and oxygen atoms in total. The third-order valence-electron chi connectivity index (χ3n) is 1.65. The lowest BCUT2D eigenvalue weighted by molar-refractivity contribution is 0.174. The van der Waals surface area contributed by atoms with Crippen LogP contribution in [0.1, 0.15) is 0 Å². The number of hydrogen-bond donors (Lipinski definition) is 2. The quantitative estimate of drug-likeness (QED) is 0.658. The smallest absolute Gasteiger partial charge is 0.231 e. The lowest BCUT2D eigenvalue weighted by Crippen LogP contribution is -2.19. The van der Waals surface area contributed by atoms with Crippen molar-refractivity contribution >= 4 is 23.0 Å². The Morgan fingerprint density at radius 3 is 3.08 bits per heavy atom. The third-order valence-corrected chi connectivity index (χ3v) is 1.76. The number of benzene rings is 1. The molecule has 3 N–H and O–H groups in total. The fraction of sp³-hybridized carbons (Fsp3) is 0.125. The van der Waals surface area contributed by atoms with Crippen molar-refractivity contribution in [2.24, 2.45) is 5.73 Å². The highest BCUT2D eigenvalue weighted by Gasteiger charge is 2.16. The first-order valence-corrected chi connectivity index (χ1v) is 4.13. The molecule has 0 radical (unpaired) electrons. The number of thiocarbonyl (C=S) groups is 1. The average Bonchev–Trinajstić information content (AvgIpc) is 2.51. The summed E-state index contributed by atoms with van der Waals surface area (Å²) < 4.78 is 10.4. The Balaban J connectivity index is 2.36. The highest BCUT2D eigenvalue weighted by molar-refractivity contribution is 7.80. The first-order chi connectivity index (χ1) is 6.27. The van der Waals surface area contributed by atoms with Gasteiger partial charge in [0.25, 0.3) is 0 Å². The van der Waals surface area contributed by atoms with E-state index in [1.54, 1.807) is 0 Å². The van der Waals surface area contributed by atoms with E-state index in [1.165, 1.54) is 0 Å². The van der Waals surface area contributed by atoms with Gasteiger partial charge in [-0.25, -0.2) is 0 Å². The Hall–Kier alpha value is -1.49. The van der Waals surface area contributed by atoms with Crippen molar-refractivity contribution in [3.63, 3.8) is 0 Å². The molecule has 1 aromatic carbocycles. The number of nitrogens with one attached hydrogen (secondary N) is 1.